The van der Waals surface area contributed by atoms with Crippen molar-refractivity contribution in [3.8, 4) is 11.1 Å². The van der Waals surface area contributed by atoms with Crippen molar-refractivity contribution in [1.82, 2.24) is 4.98 Å². The summed E-state index contributed by atoms with van der Waals surface area (Å²) in [5, 5.41) is 0. The number of rotatable bonds is 3. The van der Waals surface area contributed by atoms with Crippen LogP contribution in [0.4, 0.5) is 11.5 Å². The summed E-state index contributed by atoms with van der Waals surface area (Å²) in [5.74, 6) is 0.397. The second kappa shape index (κ2) is 5.67. The number of aromatic nitrogens is 1. The molecule has 0 radical (unpaired) electrons. The summed E-state index contributed by atoms with van der Waals surface area (Å²) in [4.78, 5) is 3.99. The number of pyridine rings is 1. The lowest BCUT2D eigenvalue weighted by molar-refractivity contribution is 1.17. The predicted octanol–water partition coefficient (Wildman–Crippen LogP) is 3.50. The van der Waals surface area contributed by atoms with Crippen LogP contribution in [0.15, 0.2) is 66.9 Å². The van der Waals surface area contributed by atoms with Crippen LogP contribution in [0.2, 0.25) is 0 Å². The van der Waals surface area contributed by atoms with Gasteiger partial charge in [-0.2, -0.15) is 0 Å². The van der Waals surface area contributed by atoms with Gasteiger partial charge in [0.1, 0.15) is 5.82 Å². The highest BCUT2D eigenvalue weighted by molar-refractivity contribution is 5.65. The summed E-state index contributed by atoms with van der Waals surface area (Å²) in [6, 6.07) is 20.7. The van der Waals surface area contributed by atoms with Gasteiger partial charge in [-0.25, -0.2) is 4.98 Å². The first-order valence-corrected chi connectivity index (χ1v) is 6.87. The van der Waals surface area contributed by atoms with Crippen molar-refractivity contribution in [2.24, 2.45) is 0 Å². The molecule has 0 aliphatic carbocycles. The van der Waals surface area contributed by atoms with E-state index in [4.69, 9.17) is 11.5 Å². The molecular formula is C18H17N3. The van der Waals surface area contributed by atoms with Crippen LogP contribution in [-0.2, 0) is 6.42 Å². The Morgan fingerprint density at radius 2 is 1.43 bits per heavy atom. The summed E-state index contributed by atoms with van der Waals surface area (Å²) in [6.45, 7) is 0. The van der Waals surface area contributed by atoms with Gasteiger partial charge in [0.2, 0.25) is 0 Å². The quantitative estimate of drug-likeness (QED) is 0.768. The number of anilines is 2. The zero-order valence-electron chi connectivity index (χ0n) is 11.7. The number of nitrogen functional groups attached to an aromatic ring is 2. The first kappa shape index (κ1) is 13.2. The first-order chi connectivity index (χ1) is 10.2. The normalized spacial score (nSPS) is 10.5. The molecule has 3 rings (SSSR count). The lowest BCUT2D eigenvalue weighted by Gasteiger charge is -2.08. The van der Waals surface area contributed by atoms with Crippen LogP contribution in [-0.4, -0.2) is 4.98 Å². The van der Waals surface area contributed by atoms with E-state index in [9.17, 15) is 0 Å². The van der Waals surface area contributed by atoms with Gasteiger partial charge >= 0.3 is 0 Å². The Bertz CT molecular complexity index is 734. The average Bonchev–Trinajstić information content (AvgIpc) is 2.53. The van der Waals surface area contributed by atoms with Crippen LogP contribution in [0.1, 0.15) is 11.1 Å². The van der Waals surface area contributed by atoms with E-state index in [0.717, 1.165) is 12.0 Å². The molecule has 3 nitrogen and oxygen atoms in total. The summed E-state index contributed by atoms with van der Waals surface area (Å²) < 4.78 is 0. The summed E-state index contributed by atoms with van der Waals surface area (Å²) >= 11 is 0. The van der Waals surface area contributed by atoms with Gasteiger partial charge in [-0.3, -0.25) is 0 Å². The van der Waals surface area contributed by atoms with Crippen molar-refractivity contribution < 1.29 is 0 Å². The highest BCUT2D eigenvalue weighted by Gasteiger charge is 2.05. The van der Waals surface area contributed by atoms with Gasteiger partial charge in [0.25, 0.3) is 0 Å². The van der Waals surface area contributed by atoms with Gasteiger partial charge in [-0.1, -0.05) is 54.6 Å². The maximum atomic E-state index is 5.96. The summed E-state index contributed by atoms with van der Waals surface area (Å²) in [6.07, 6.45) is 2.45. The Morgan fingerprint density at radius 3 is 2.14 bits per heavy atom. The molecule has 0 fully saturated rings. The van der Waals surface area contributed by atoms with E-state index in [2.05, 4.69) is 41.4 Å². The fourth-order valence-electron chi connectivity index (χ4n) is 2.35. The molecule has 0 aliphatic heterocycles. The molecule has 1 heterocycles. The minimum absolute atomic E-state index is 0.397. The molecule has 104 valence electrons. The molecule has 3 aromatic rings. The Kier molecular flexibility index (Phi) is 3.56. The first-order valence-electron chi connectivity index (χ1n) is 6.87. The fraction of sp³-hybridized carbons (Fsp3) is 0.0556. The Balaban J connectivity index is 1.83. The van der Waals surface area contributed by atoms with Gasteiger partial charge < -0.3 is 11.5 Å². The molecule has 0 unspecified atom stereocenters. The maximum absolute atomic E-state index is 5.96. The molecule has 4 N–H and O–H groups in total. The van der Waals surface area contributed by atoms with Crippen LogP contribution in [0.3, 0.4) is 0 Å². The number of hydrogen-bond acceptors (Lipinski definition) is 3. The summed E-state index contributed by atoms with van der Waals surface area (Å²) in [5.41, 5.74) is 16.9. The zero-order chi connectivity index (χ0) is 14.7. The Hall–Kier alpha value is -2.81. The van der Waals surface area contributed by atoms with Crippen molar-refractivity contribution in [2.75, 3.05) is 11.5 Å². The number of benzene rings is 2. The van der Waals surface area contributed by atoms with Crippen LogP contribution in [0.5, 0.6) is 0 Å². The lowest BCUT2D eigenvalue weighted by Crippen LogP contribution is -2.02. The Morgan fingerprint density at radius 1 is 0.762 bits per heavy atom. The third-order valence-electron chi connectivity index (χ3n) is 3.57. The zero-order valence-corrected chi connectivity index (χ0v) is 11.7. The van der Waals surface area contributed by atoms with E-state index >= 15 is 0 Å². The second-order valence-electron chi connectivity index (χ2n) is 5.01. The van der Waals surface area contributed by atoms with Gasteiger partial charge in [0.05, 0.1) is 5.69 Å². The molecule has 21 heavy (non-hydrogen) atoms. The van der Waals surface area contributed by atoms with Crippen molar-refractivity contribution in [1.29, 1.82) is 0 Å². The SMILES string of the molecule is Nc1nccc(Cc2ccc(-c3ccccc3)cc2)c1N. The van der Waals surface area contributed by atoms with Crippen molar-refractivity contribution in [3.63, 3.8) is 0 Å². The van der Waals surface area contributed by atoms with Crippen LogP contribution < -0.4 is 11.5 Å². The van der Waals surface area contributed by atoms with Gasteiger partial charge in [-0.15, -0.1) is 0 Å². The molecule has 2 aromatic carbocycles. The molecule has 0 aliphatic rings. The molecule has 0 saturated carbocycles. The summed E-state index contributed by atoms with van der Waals surface area (Å²) in [7, 11) is 0. The minimum Gasteiger partial charge on any atom is -0.396 e. The number of hydrogen-bond donors (Lipinski definition) is 2. The number of nitrogens with two attached hydrogens (primary N) is 2. The van der Waals surface area contributed by atoms with Crippen LogP contribution >= 0.6 is 0 Å². The van der Waals surface area contributed by atoms with Gasteiger partial charge in [0, 0.05) is 6.20 Å². The largest absolute Gasteiger partial charge is 0.396 e. The van der Waals surface area contributed by atoms with Gasteiger partial charge in [-0.05, 0) is 34.7 Å². The minimum atomic E-state index is 0.397. The highest BCUT2D eigenvalue weighted by Crippen LogP contribution is 2.23. The molecular weight excluding hydrogens is 258 g/mol. The maximum Gasteiger partial charge on any atom is 0.146 e. The fourth-order valence-corrected chi connectivity index (χ4v) is 2.35. The van der Waals surface area contributed by atoms with Crippen molar-refractivity contribution in [3.05, 3.63) is 78.0 Å². The van der Waals surface area contributed by atoms with E-state index in [1.54, 1.807) is 6.20 Å². The van der Waals surface area contributed by atoms with E-state index in [1.165, 1.54) is 16.7 Å². The monoisotopic (exact) mass is 275 g/mol. The average molecular weight is 275 g/mol. The molecule has 0 atom stereocenters. The number of nitrogens with zero attached hydrogens (tertiary/aromatic N) is 1. The smallest absolute Gasteiger partial charge is 0.146 e. The van der Waals surface area contributed by atoms with E-state index in [0.29, 0.717) is 11.5 Å². The van der Waals surface area contributed by atoms with Crippen molar-refractivity contribution >= 4 is 11.5 Å². The lowest BCUT2D eigenvalue weighted by atomic mass is 10.00. The second-order valence-corrected chi connectivity index (χ2v) is 5.01. The predicted molar refractivity (Wildman–Crippen MR) is 87.7 cm³/mol. The third kappa shape index (κ3) is 2.87. The Labute approximate surface area is 124 Å². The van der Waals surface area contributed by atoms with E-state index in [-0.39, 0.29) is 0 Å². The van der Waals surface area contributed by atoms with E-state index < -0.39 is 0 Å². The molecule has 0 amide bonds. The molecule has 0 spiro atoms. The molecule has 3 heteroatoms. The topological polar surface area (TPSA) is 64.9 Å². The molecule has 1 aromatic heterocycles. The third-order valence-corrected chi connectivity index (χ3v) is 3.57. The van der Waals surface area contributed by atoms with E-state index in [1.807, 2.05) is 24.3 Å². The van der Waals surface area contributed by atoms with Crippen LogP contribution in [0, 0.1) is 0 Å². The molecule has 0 saturated heterocycles. The van der Waals surface area contributed by atoms with Gasteiger partial charge in [0.15, 0.2) is 0 Å². The molecule has 0 bridgehead atoms. The van der Waals surface area contributed by atoms with Crippen LogP contribution in [0.25, 0.3) is 11.1 Å². The highest BCUT2D eigenvalue weighted by atomic mass is 14.9. The standard InChI is InChI=1S/C18H17N3/c19-17-16(10-11-21-18(17)20)12-13-6-8-15(9-7-13)14-4-2-1-3-5-14/h1-11H,12,19H2,(H2,20,21). The van der Waals surface area contributed by atoms with Crippen molar-refractivity contribution in [2.45, 2.75) is 6.42 Å².